The molecule has 1 aromatic rings. The van der Waals surface area contributed by atoms with Crippen LogP contribution in [0.3, 0.4) is 0 Å². The predicted molar refractivity (Wildman–Crippen MR) is 101 cm³/mol. The van der Waals surface area contributed by atoms with Gasteiger partial charge in [0.2, 0.25) is 0 Å². The van der Waals surface area contributed by atoms with Crippen molar-refractivity contribution in [1.29, 1.82) is 0 Å². The Bertz CT molecular complexity index is 696. The number of hydrogen-bond donors (Lipinski definition) is 2. The van der Waals surface area contributed by atoms with E-state index in [0.717, 1.165) is 5.69 Å². The molecule has 1 aliphatic rings. The summed E-state index contributed by atoms with van der Waals surface area (Å²) in [5.74, 6) is 0.786. The van der Waals surface area contributed by atoms with Gasteiger partial charge in [0.15, 0.2) is 14.9 Å². The molecule has 0 bridgehead atoms. The summed E-state index contributed by atoms with van der Waals surface area (Å²) in [6.07, 6.45) is 1.64. The van der Waals surface area contributed by atoms with Crippen LogP contribution in [-0.4, -0.2) is 25.3 Å². The molecule has 1 atom stereocenters. The van der Waals surface area contributed by atoms with E-state index >= 15 is 0 Å². The molecule has 0 aliphatic carbocycles. The number of sulfone groups is 1. The molecule has 0 radical (unpaired) electrons. The first-order valence-electron chi connectivity index (χ1n) is 7.81. The zero-order valence-electron chi connectivity index (χ0n) is 14.0. The van der Waals surface area contributed by atoms with Crippen LogP contribution < -0.4 is 10.6 Å². The van der Waals surface area contributed by atoms with Crippen molar-refractivity contribution in [2.45, 2.75) is 45.6 Å². The fourth-order valence-electron chi connectivity index (χ4n) is 2.68. The van der Waals surface area contributed by atoms with Crippen molar-refractivity contribution >= 4 is 32.9 Å². The van der Waals surface area contributed by atoms with Crippen LogP contribution in [0, 0.1) is 0 Å². The van der Waals surface area contributed by atoms with E-state index in [9.17, 15) is 8.42 Å². The molecule has 0 fully saturated rings. The quantitative estimate of drug-likeness (QED) is 0.812. The third kappa shape index (κ3) is 4.54. The van der Waals surface area contributed by atoms with Gasteiger partial charge in [0.05, 0.1) is 11.8 Å². The van der Waals surface area contributed by atoms with Gasteiger partial charge in [-0.05, 0) is 41.3 Å². The molecule has 0 saturated carbocycles. The SMILES string of the molecule is CC(C)c1cccc(C(C)C)c1NC(=S)NC1C=CS(=O)(=O)C1. The minimum Gasteiger partial charge on any atom is -0.355 e. The van der Waals surface area contributed by atoms with E-state index in [1.165, 1.54) is 16.5 Å². The van der Waals surface area contributed by atoms with E-state index in [1.807, 2.05) is 0 Å². The molecule has 2 rings (SSSR count). The van der Waals surface area contributed by atoms with E-state index in [1.54, 1.807) is 6.08 Å². The third-order valence-corrected chi connectivity index (χ3v) is 5.47. The molecular formula is C17H24N2O2S2. The first kappa shape index (κ1) is 17.9. The Labute approximate surface area is 144 Å². The van der Waals surface area contributed by atoms with Crippen molar-refractivity contribution in [2.24, 2.45) is 0 Å². The highest BCUT2D eigenvalue weighted by Crippen LogP contribution is 2.32. The summed E-state index contributed by atoms with van der Waals surface area (Å²) in [5.41, 5.74) is 3.43. The standard InChI is InChI=1S/C17H24N2O2S2/c1-11(2)14-6-5-7-15(12(3)4)16(14)19-17(22)18-13-8-9-23(20,21)10-13/h5-9,11-13H,10H2,1-4H3,(H2,18,19,22). The molecule has 1 aliphatic heterocycles. The van der Waals surface area contributed by atoms with Crippen molar-refractivity contribution in [3.05, 3.63) is 40.8 Å². The van der Waals surface area contributed by atoms with Crippen LogP contribution in [-0.2, 0) is 9.84 Å². The van der Waals surface area contributed by atoms with Gasteiger partial charge in [-0.25, -0.2) is 8.42 Å². The maximum absolute atomic E-state index is 11.5. The lowest BCUT2D eigenvalue weighted by atomic mass is 9.93. The van der Waals surface area contributed by atoms with Gasteiger partial charge in [-0.15, -0.1) is 0 Å². The van der Waals surface area contributed by atoms with Crippen molar-refractivity contribution < 1.29 is 8.42 Å². The second kappa shape index (κ2) is 7.01. The molecular weight excluding hydrogens is 328 g/mol. The number of thiocarbonyl (C=S) groups is 1. The van der Waals surface area contributed by atoms with E-state index in [2.05, 4.69) is 56.5 Å². The molecule has 0 amide bonds. The monoisotopic (exact) mass is 352 g/mol. The van der Waals surface area contributed by atoms with Gasteiger partial charge in [-0.1, -0.05) is 45.9 Å². The van der Waals surface area contributed by atoms with Gasteiger partial charge in [0.25, 0.3) is 0 Å². The highest BCUT2D eigenvalue weighted by atomic mass is 32.2. The Balaban J connectivity index is 2.19. The summed E-state index contributed by atoms with van der Waals surface area (Å²) in [6, 6.07) is 6.00. The summed E-state index contributed by atoms with van der Waals surface area (Å²) in [7, 11) is -3.09. The average molecular weight is 353 g/mol. The number of hydrogen-bond acceptors (Lipinski definition) is 3. The van der Waals surface area contributed by atoms with Crippen LogP contribution in [0.15, 0.2) is 29.7 Å². The highest BCUT2D eigenvalue weighted by Gasteiger charge is 2.22. The lowest BCUT2D eigenvalue weighted by Crippen LogP contribution is -2.38. The van der Waals surface area contributed by atoms with E-state index < -0.39 is 9.84 Å². The normalized spacial score (nSPS) is 19.3. The van der Waals surface area contributed by atoms with Gasteiger partial charge in [-0.2, -0.15) is 0 Å². The Morgan fingerprint density at radius 1 is 1.17 bits per heavy atom. The second-order valence-electron chi connectivity index (χ2n) is 6.48. The molecule has 0 spiro atoms. The molecule has 1 aromatic carbocycles. The molecule has 4 nitrogen and oxygen atoms in total. The largest absolute Gasteiger partial charge is 0.355 e. The zero-order valence-corrected chi connectivity index (χ0v) is 15.6. The number of para-hydroxylation sites is 1. The van der Waals surface area contributed by atoms with Gasteiger partial charge in [-0.3, -0.25) is 0 Å². The molecule has 23 heavy (non-hydrogen) atoms. The lowest BCUT2D eigenvalue weighted by molar-refractivity contribution is 0.603. The minimum absolute atomic E-state index is 0.0533. The smallest absolute Gasteiger partial charge is 0.173 e. The van der Waals surface area contributed by atoms with Crippen molar-refractivity contribution in [1.82, 2.24) is 5.32 Å². The zero-order chi connectivity index (χ0) is 17.2. The van der Waals surface area contributed by atoms with Crippen LogP contribution in [0.4, 0.5) is 5.69 Å². The van der Waals surface area contributed by atoms with Gasteiger partial charge in [0.1, 0.15) is 0 Å². The second-order valence-corrected chi connectivity index (χ2v) is 8.82. The topological polar surface area (TPSA) is 58.2 Å². The maximum Gasteiger partial charge on any atom is 0.173 e. The van der Waals surface area contributed by atoms with Crippen molar-refractivity contribution in [2.75, 3.05) is 11.1 Å². The van der Waals surface area contributed by atoms with Crippen LogP contribution in [0.2, 0.25) is 0 Å². The summed E-state index contributed by atoms with van der Waals surface area (Å²) < 4.78 is 23.0. The Kier molecular flexibility index (Phi) is 5.47. The lowest BCUT2D eigenvalue weighted by Gasteiger charge is -2.22. The van der Waals surface area contributed by atoms with E-state index in [-0.39, 0.29) is 11.8 Å². The Morgan fingerprint density at radius 3 is 2.17 bits per heavy atom. The fraction of sp³-hybridized carbons (Fsp3) is 0.471. The Hall–Kier alpha value is -1.40. The highest BCUT2D eigenvalue weighted by molar-refractivity contribution is 7.94. The van der Waals surface area contributed by atoms with Gasteiger partial charge < -0.3 is 10.6 Å². The van der Waals surface area contributed by atoms with Crippen molar-refractivity contribution in [3.63, 3.8) is 0 Å². The van der Waals surface area contributed by atoms with Crippen LogP contribution in [0.1, 0.15) is 50.7 Å². The van der Waals surface area contributed by atoms with Gasteiger partial charge in [0, 0.05) is 11.1 Å². The summed E-state index contributed by atoms with van der Waals surface area (Å²) >= 11 is 5.39. The summed E-state index contributed by atoms with van der Waals surface area (Å²) in [6.45, 7) is 8.58. The Morgan fingerprint density at radius 2 is 1.74 bits per heavy atom. The van der Waals surface area contributed by atoms with Gasteiger partial charge >= 0.3 is 0 Å². The van der Waals surface area contributed by atoms with Crippen LogP contribution in [0.25, 0.3) is 0 Å². The van der Waals surface area contributed by atoms with E-state index in [4.69, 9.17) is 12.2 Å². The third-order valence-electron chi connectivity index (χ3n) is 3.86. The number of rotatable bonds is 4. The maximum atomic E-state index is 11.5. The molecule has 6 heteroatoms. The van der Waals surface area contributed by atoms with E-state index in [0.29, 0.717) is 16.9 Å². The van der Waals surface area contributed by atoms with Crippen molar-refractivity contribution in [3.8, 4) is 0 Å². The number of nitrogens with one attached hydrogen (secondary N) is 2. The number of anilines is 1. The fourth-order valence-corrected chi connectivity index (χ4v) is 4.17. The molecule has 2 N–H and O–H groups in total. The predicted octanol–water partition coefficient (Wildman–Crippen LogP) is 3.53. The number of benzene rings is 1. The van der Waals surface area contributed by atoms with Crippen LogP contribution >= 0.6 is 12.2 Å². The molecule has 1 heterocycles. The molecule has 0 saturated heterocycles. The van der Waals surface area contributed by atoms with Crippen LogP contribution in [0.5, 0.6) is 0 Å². The average Bonchev–Trinajstić information content (AvgIpc) is 2.77. The first-order chi connectivity index (χ1) is 10.7. The summed E-state index contributed by atoms with van der Waals surface area (Å²) in [5, 5.41) is 8.05. The minimum atomic E-state index is -3.09. The molecule has 0 aromatic heterocycles. The molecule has 1 unspecified atom stereocenters. The molecule has 126 valence electrons. The first-order valence-corrected chi connectivity index (χ1v) is 9.93. The summed E-state index contributed by atoms with van der Waals surface area (Å²) in [4.78, 5) is 0.